The molecule has 4 heteroatoms. The summed E-state index contributed by atoms with van der Waals surface area (Å²) in [5.74, 6) is -0.0886. The molecule has 0 aromatic heterocycles. The van der Waals surface area contributed by atoms with Gasteiger partial charge in [-0.05, 0) is 26.3 Å². The summed E-state index contributed by atoms with van der Waals surface area (Å²) < 4.78 is 0. The Morgan fingerprint density at radius 3 is 2.32 bits per heavy atom. The van der Waals surface area contributed by atoms with Crippen molar-refractivity contribution in [3.63, 3.8) is 0 Å². The van der Waals surface area contributed by atoms with Crippen LogP contribution in [0.15, 0.2) is 30.3 Å². The van der Waals surface area contributed by atoms with Crippen LogP contribution in [0, 0.1) is 0 Å². The van der Waals surface area contributed by atoms with E-state index in [1.54, 1.807) is 4.90 Å². The lowest BCUT2D eigenvalue weighted by molar-refractivity contribution is -0.132. The highest BCUT2D eigenvalue weighted by molar-refractivity contribution is 5.97. The van der Waals surface area contributed by atoms with E-state index in [9.17, 15) is 9.59 Å². The number of carbonyl (C=O) groups excluding carboxylic acids is 2. The van der Waals surface area contributed by atoms with Crippen molar-refractivity contribution < 1.29 is 9.59 Å². The fraction of sp³-hybridized carbons (Fsp3) is 0.467. The molecular weight excluding hydrogens is 240 g/mol. The second-order valence-electron chi connectivity index (χ2n) is 5.82. The molecule has 102 valence electrons. The highest BCUT2D eigenvalue weighted by Gasteiger charge is 2.37. The standard InChI is InChI=1S/C15H20N2O2/c1-15(2,3)17-10-9-13(18)16(14(17)19)11-12-7-5-4-6-8-12/h4-8H,9-11H2,1-3H3. The van der Waals surface area contributed by atoms with E-state index in [-0.39, 0.29) is 17.5 Å². The maximum absolute atomic E-state index is 12.4. The van der Waals surface area contributed by atoms with Gasteiger partial charge in [-0.25, -0.2) is 4.79 Å². The van der Waals surface area contributed by atoms with Crippen LogP contribution in [0.4, 0.5) is 4.79 Å². The molecule has 0 N–H and O–H groups in total. The van der Waals surface area contributed by atoms with Gasteiger partial charge in [-0.1, -0.05) is 30.3 Å². The van der Waals surface area contributed by atoms with E-state index in [0.29, 0.717) is 19.5 Å². The van der Waals surface area contributed by atoms with Crippen LogP contribution in [-0.4, -0.2) is 33.8 Å². The zero-order valence-corrected chi connectivity index (χ0v) is 11.7. The normalized spacial score (nSPS) is 17.0. The Hall–Kier alpha value is -1.84. The molecule has 4 nitrogen and oxygen atoms in total. The van der Waals surface area contributed by atoms with Gasteiger partial charge in [0.15, 0.2) is 0 Å². The van der Waals surface area contributed by atoms with Crippen molar-refractivity contribution in [3.05, 3.63) is 35.9 Å². The third-order valence-electron chi connectivity index (χ3n) is 3.31. The van der Waals surface area contributed by atoms with Gasteiger partial charge in [0, 0.05) is 18.5 Å². The lowest BCUT2D eigenvalue weighted by Gasteiger charge is -2.42. The van der Waals surface area contributed by atoms with Gasteiger partial charge in [0.25, 0.3) is 0 Å². The summed E-state index contributed by atoms with van der Waals surface area (Å²) in [7, 11) is 0. The Labute approximate surface area is 114 Å². The monoisotopic (exact) mass is 260 g/mol. The van der Waals surface area contributed by atoms with Gasteiger partial charge in [0.1, 0.15) is 0 Å². The lowest BCUT2D eigenvalue weighted by Crippen LogP contribution is -2.57. The van der Waals surface area contributed by atoms with Gasteiger partial charge in [0.2, 0.25) is 5.91 Å². The summed E-state index contributed by atoms with van der Waals surface area (Å²) in [5, 5.41) is 0. The van der Waals surface area contributed by atoms with Gasteiger partial charge in [-0.15, -0.1) is 0 Å². The zero-order valence-electron chi connectivity index (χ0n) is 11.7. The van der Waals surface area contributed by atoms with Crippen molar-refractivity contribution in [2.45, 2.75) is 39.3 Å². The van der Waals surface area contributed by atoms with E-state index >= 15 is 0 Å². The predicted octanol–water partition coefficient (Wildman–Crippen LogP) is 2.64. The molecule has 0 bridgehead atoms. The second-order valence-corrected chi connectivity index (χ2v) is 5.82. The van der Waals surface area contributed by atoms with Crippen LogP contribution in [0.2, 0.25) is 0 Å². The molecule has 0 spiro atoms. The molecule has 0 radical (unpaired) electrons. The first-order chi connectivity index (χ1) is 8.89. The number of nitrogens with zero attached hydrogens (tertiary/aromatic N) is 2. The fourth-order valence-corrected chi connectivity index (χ4v) is 2.23. The molecule has 1 aromatic rings. The SMILES string of the molecule is CC(C)(C)N1CCC(=O)N(Cc2ccccc2)C1=O. The summed E-state index contributed by atoms with van der Waals surface area (Å²) in [6, 6.07) is 9.41. The Kier molecular flexibility index (Phi) is 3.60. The number of hydrogen-bond acceptors (Lipinski definition) is 2. The van der Waals surface area contributed by atoms with Crippen LogP contribution in [-0.2, 0) is 11.3 Å². The van der Waals surface area contributed by atoms with E-state index in [1.165, 1.54) is 4.90 Å². The Morgan fingerprint density at radius 1 is 1.11 bits per heavy atom. The summed E-state index contributed by atoms with van der Waals surface area (Å²) in [6.45, 7) is 6.82. The highest BCUT2D eigenvalue weighted by Crippen LogP contribution is 2.22. The van der Waals surface area contributed by atoms with Crippen molar-refractivity contribution >= 4 is 11.9 Å². The maximum Gasteiger partial charge on any atom is 0.327 e. The zero-order chi connectivity index (χ0) is 14.0. The van der Waals surface area contributed by atoms with Gasteiger partial charge >= 0.3 is 6.03 Å². The van der Waals surface area contributed by atoms with E-state index in [2.05, 4.69) is 0 Å². The maximum atomic E-state index is 12.4. The molecule has 0 unspecified atom stereocenters. The first kappa shape index (κ1) is 13.6. The minimum Gasteiger partial charge on any atom is -0.319 e. The van der Waals surface area contributed by atoms with Crippen LogP contribution >= 0.6 is 0 Å². The number of urea groups is 1. The predicted molar refractivity (Wildman–Crippen MR) is 73.5 cm³/mol. The van der Waals surface area contributed by atoms with Gasteiger partial charge in [0.05, 0.1) is 6.54 Å². The number of rotatable bonds is 2. The van der Waals surface area contributed by atoms with Crippen LogP contribution < -0.4 is 0 Å². The van der Waals surface area contributed by atoms with Crippen molar-refractivity contribution in [2.24, 2.45) is 0 Å². The molecule has 1 aliphatic heterocycles. The van der Waals surface area contributed by atoms with Crippen molar-refractivity contribution in [1.29, 1.82) is 0 Å². The average molecular weight is 260 g/mol. The summed E-state index contributed by atoms with van der Waals surface area (Å²) in [5.41, 5.74) is 0.715. The first-order valence-corrected chi connectivity index (χ1v) is 6.55. The van der Waals surface area contributed by atoms with Gasteiger partial charge < -0.3 is 4.90 Å². The summed E-state index contributed by atoms with van der Waals surface area (Å²) in [4.78, 5) is 27.5. The molecule has 3 amide bonds. The highest BCUT2D eigenvalue weighted by atomic mass is 16.2. The lowest BCUT2D eigenvalue weighted by atomic mass is 10.0. The molecule has 0 atom stereocenters. The number of carbonyl (C=O) groups is 2. The quantitative estimate of drug-likeness (QED) is 0.820. The number of benzene rings is 1. The Morgan fingerprint density at radius 2 is 1.74 bits per heavy atom. The summed E-state index contributed by atoms with van der Waals surface area (Å²) >= 11 is 0. The van der Waals surface area contributed by atoms with E-state index in [0.717, 1.165) is 5.56 Å². The van der Waals surface area contributed by atoms with Crippen molar-refractivity contribution in [2.75, 3.05) is 6.54 Å². The molecule has 2 rings (SSSR count). The van der Waals surface area contributed by atoms with Crippen molar-refractivity contribution in [1.82, 2.24) is 9.80 Å². The molecular formula is C15H20N2O2. The van der Waals surface area contributed by atoms with Crippen LogP contribution in [0.5, 0.6) is 0 Å². The van der Waals surface area contributed by atoms with Gasteiger partial charge in [-0.3, -0.25) is 9.69 Å². The van der Waals surface area contributed by atoms with Crippen molar-refractivity contribution in [3.8, 4) is 0 Å². The Bertz CT molecular complexity index is 477. The van der Waals surface area contributed by atoms with Crippen LogP contribution in [0.3, 0.4) is 0 Å². The molecule has 1 saturated heterocycles. The van der Waals surface area contributed by atoms with E-state index in [4.69, 9.17) is 0 Å². The molecule has 19 heavy (non-hydrogen) atoms. The molecule has 1 heterocycles. The summed E-state index contributed by atoms with van der Waals surface area (Å²) in [6.07, 6.45) is 0.399. The van der Waals surface area contributed by atoms with E-state index < -0.39 is 0 Å². The third kappa shape index (κ3) is 2.95. The van der Waals surface area contributed by atoms with E-state index in [1.807, 2.05) is 51.1 Å². The molecule has 1 aromatic carbocycles. The topological polar surface area (TPSA) is 40.6 Å². The average Bonchev–Trinajstić information content (AvgIpc) is 2.34. The molecule has 0 saturated carbocycles. The molecule has 1 fully saturated rings. The van der Waals surface area contributed by atoms with Crippen LogP contribution in [0.25, 0.3) is 0 Å². The molecule has 1 aliphatic rings. The number of hydrogen-bond donors (Lipinski definition) is 0. The number of imide groups is 1. The minimum atomic E-state index is -0.257. The van der Waals surface area contributed by atoms with Crippen LogP contribution in [0.1, 0.15) is 32.8 Å². The first-order valence-electron chi connectivity index (χ1n) is 6.55. The smallest absolute Gasteiger partial charge is 0.319 e. The second kappa shape index (κ2) is 5.03. The minimum absolute atomic E-state index is 0.0886. The third-order valence-corrected chi connectivity index (χ3v) is 3.31. The number of amides is 3. The fourth-order valence-electron chi connectivity index (χ4n) is 2.23. The molecule has 0 aliphatic carbocycles. The van der Waals surface area contributed by atoms with Gasteiger partial charge in [-0.2, -0.15) is 0 Å². The largest absolute Gasteiger partial charge is 0.327 e. The Balaban J connectivity index is 2.18.